The zero-order chi connectivity index (χ0) is 20.5. The van der Waals surface area contributed by atoms with Crippen LogP contribution in [-0.2, 0) is 19.1 Å². The van der Waals surface area contributed by atoms with Crippen molar-refractivity contribution in [2.24, 2.45) is 0 Å². The number of hydrogen-bond acceptors (Lipinski definition) is 9. The van der Waals surface area contributed by atoms with Gasteiger partial charge in [0.1, 0.15) is 0 Å². The van der Waals surface area contributed by atoms with Crippen LogP contribution in [0.25, 0.3) is 0 Å². The van der Waals surface area contributed by atoms with Crippen molar-refractivity contribution in [1.82, 2.24) is 0 Å². The van der Waals surface area contributed by atoms with Gasteiger partial charge in [0.25, 0.3) is 0 Å². The van der Waals surface area contributed by atoms with Crippen molar-refractivity contribution in [3.05, 3.63) is 0 Å². The van der Waals surface area contributed by atoms with Gasteiger partial charge in [0, 0.05) is 17.3 Å². The largest absolute Gasteiger partial charge is 0.481 e. The summed E-state index contributed by atoms with van der Waals surface area (Å²) < 4.78 is 4.63. The van der Waals surface area contributed by atoms with E-state index >= 15 is 0 Å². The summed E-state index contributed by atoms with van der Waals surface area (Å²) in [5, 5.41) is 39.8. The lowest BCUT2D eigenvalue weighted by Crippen LogP contribution is -2.03. The van der Waals surface area contributed by atoms with E-state index in [9.17, 15) is 14.4 Å². The van der Waals surface area contributed by atoms with Gasteiger partial charge in [0.15, 0.2) is 0 Å². The minimum Gasteiger partial charge on any atom is -0.481 e. The van der Waals surface area contributed by atoms with E-state index in [-0.39, 0.29) is 32.5 Å². The maximum absolute atomic E-state index is 9.55. The quantitative estimate of drug-likeness (QED) is 0.180. The molecule has 0 bridgehead atoms. The van der Waals surface area contributed by atoms with Crippen LogP contribution in [0.4, 0.5) is 0 Å². The molecular formula is C13H28O9S3. The fourth-order valence-electron chi connectivity index (χ4n) is 0.518. The van der Waals surface area contributed by atoms with E-state index in [2.05, 4.69) is 42.6 Å². The van der Waals surface area contributed by atoms with Crippen molar-refractivity contribution in [3.8, 4) is 0 Å². The molecule has 0 radical (unpaired) electrons. The molecule has 0 amide bonds. The predicted octanol–water partition coefficient (Wildman–Crippen LogP) is 0.160. The average Bonchev–Trinajstić information content (AvgIpc) is 2.49. The number of thiol groups is 3. The second kappa shape index (κ2) is 31.1. The molecule has 0 aliphatic rings. The van der Waals surface area contributed by atoms with Gasteiger partial charge >= 0.3 is 17.9 Å². The Morgan fingerprint density at radius 3 is 0.960 bits per heavy atom. The highest BCUT2D eigenvalue weighted by molar-refractivity contribution is 7.80. The summed E-state index contributed by atoms with van der Waals surface area (Å²) in [5.74, 6) is -1.08. The summed E-state index contributed by atoms with van der Waals surface area (Å²) in [6.07, 6.45) is 0.468. The van der Waals surface area contributed by atoms with Gasteiger partial charge in [-0.2, -0.15) is 37.9 Å². The maximum atomic E-state index is 9.55. The third-order valence-electron chi connectivity index (χ3n) is 1.45. The van der Waals surface area contributed by atoms with Gasteiger partial charge in [-0.25, -0.2) is 0 Å². The molecule has 0 aromatic heterocycles. The lowest BCUT2D eigenvalue weighted by atomic mass is 10.5. The number of carbonyl (C=O) groups is 3. The van der Waals surface area contributed by atoms with Crippen LogP contribution in [0.5, 0.6) is 0 Å². The van der Waals surface area contributed by atoms with Gasteiger partial charge in [-0.15, -0.1) is 0 Å². The molecule has 0 saturated heterocycles. The molecule has 0 aliphatic heterocycles. The molecule has 0 aromatic carbocycles. The second-order valence-electron chi connectivity index (χ2n) is 3.66. The smallest absolute Gasteiger partial charge is 0.304 e. The number of ether oxygens (including phenoxy) is 1. The topological polar surface area (TPSA) is 162 Å². The van der Waals surface area contributed by atoms with Gasteiger partial charge in [0.05, 0.1) is 45.7 Å². The number of aliphatic carboxylic acids is 3. The Bertz CT molecular complexity index is 262. The summed E-state index contributed by atoms with van der Waals surface area (Å²) in [4.78, 5) is 28.7. The van der Waals surface area contributed by atoms with Gasteiger partial charge in [-0.1, -0.05) is 0 Å². The monoisotopic (exact) mass is 424 g/mol. The van der Waals surface area contributed by atoms with Gasteiger partial charge in [-0.3, -0.25) is 14.4 Å². The lowest BCUT2D eigenvalue weighted by molar-refractivity contribution is -0.137. The summed E-state index contributed by atoms with van der Waals surface area (Å²) in [6.45, 7) is 0.696. The summed E-state index contributed by atoms with van der Waals surface area (Å²) in [5.41, 5.74) is 0. The molecule has 0 spiro atoms. The van der Waals surface area contributed by atoms with Crippen LogP contribution in [0.15, 0.2) is 0 Å². The number of carboxylic acids is 3. The molecule has 0 heterocycles. The fourth-order valence-corrected chi connectivity index (χ4v) is 1.09. The Kier molecular flexibility index (Phi) is 39.9. The number of aliphatic hydroxyl groups is 2. The standard InChI is InChI=1S/C4H10O3.3C3H6O2S/c5-1-3-7-4-2-6;3*4-3(5)1-2-6/h5-6H,1-4H2;3*6H,1-2H2,(H,4,5). The Hall–Kier alpha value is -0.660. The molecule has 0 saturated carbocycles. The van der Waals surface area contributed by atoms with E-state index in [1.54, 1.807) is 0 Å². The Balaban J connectivity index is -0.000000118. The second-order valence-corrected chi connectivity index (χ2v) is 5.00. The van der Waals surface area contributed by atoms with Crippen LogP contribution >= 0.6 is 37.9 Å². The van der Waals surface area contributed by atoms with Gasteiger partial charge in [0.2, 0.25) is 0 Å². The minimum absolute atomic E-state index is 0.0278. The first-order valence-corrected chi connectivity index (χ1v) is 8.90. The van der Waals surface area contributed by atoms with Crippen molar-refractivity contribution in [2.45, 2.75) is 19.3 Å². The van der Waals surface area contributed by atoms with E-state index < -0.39 is 17.9 Å². The molecule has 152 valence electrons. The number of carboxylic acid groups (broad SMARTS) is 3. The first kappa shape index (κ1) is 32.0. The van der Waals surface area contributed by atoms with E-state index in [0.717, 1.165) is 0 Å². The molecular weight excluding hydrogens is 396 g/mol. The SMILES string of the molecule is O=C(O)CCS.O=C(O)CCS.O=C(O)CCS.OCCOCCO. The molecule has 9 nitrogen and oxygen atoms in total. The Morgan fingerprint density at radius 1 is 0.640 bits per heavy atom. The third kappa shape index (κ3) is 69.8. The first-order valence-electron chi connectivity index (χ1n) is 7.00. The van der Waals surface area contributed by atoms with Crippen molar-refractivity contribution in [3.63, 3.8) is 0 Å². The zero-order valence-corrected chi connectivity index (χ0v) is 16.5. The molecule has 0 aliphatic carbocycles. The molecule has 0 unspecified atom stereocenters. The first-order chi connectivity index (χ1) is 11.7. The van der Waals surface area contributed by atoms with Crippen LogP contribution in [-0.4, -0.2) is 87.1 Å². The molecule has 0 aromatic rings. The molecule has 25 heavy (non-hydrogen) atoms. The molecule has 0 atom stereocenters. The van der Waals surface area contributed by atoms with Crippen LogP contribution in [0, 0.1) is 0 Å². The van der Waals surface area contributed by atoms with Crippen molar-refractivity contribution >= 4 is 55.8 Å². The van der Waals surface area contributed by atoms with E-state index in [1.165, 1.54) is 0 Å². The number of aliphatic hydroxyl groups excluding tert-OH is 2. The molecule has 0 rings (SSSR count). The maximum Gasteiger partial charge on any atom is 0.304 e. The number of hydrogen-bond donors (Lipinski definition) is 8. The molecule has 5 N–H and O–H groups in total. The van der Waals surface area contributed by atoms with E-state index in [0.29, 0.717) is 30.5 Å². The van der Waals surface area contributed by atoms with Crippen LogP contribution < -0.4 is 0 Å². The Morgan fingerprint density at radius 2 is 0.880 bits per heavy atom. The third-order valence-corrected chi connectivity index (χ3v) is 2.12. The van der Waals surface area contributed by atoms with Crippen molar-refractivity contribution < 1.29 is 44.7 Å². The van der Waals surface area contributed by atoms with Crippen LogP contribution in [0.1, 0.15) is 19.3 Å². The molecule has 0 fully saturated rings. The zero-order valence-electron chi connectivity index (χ0n) is 13.8. The summed E-state index contributed by atoms with van der Waals surface area (Å²) in [7, 11) is 0. The van der Waals surface area contributed by atoms with Gasteiger partial charge in [-0.05, 0) is 0 Å². The predicted molar refractivity (Wildman–Crippen MR) is 103 cm³/mol. The highest BCUT2D eigenvalue weighted by Crippen LogP contribution is 1.80. The van der Waals surface area contributed by atoms with E-state index in [4.69, 9.17) is 25.5 Å². The van der Waals surface area contributed by atoms with Crippen molar-refractivity contribution in [1.29, 1.82) is 0 Å². The van der Waals surface area contributed by atoms with Crippen LogP contribution in [0.3, 0.4) is 0 Å². The van der Waals surface area contributed by atoms with Crippen LogP contribution in [0.2, 0.25) is 0 Å². The van der Waals surface area contributed by atoms with E-state index in [1.807, 2.05) is 0 Å². The fraction of sp³-hybridized carbons (Fsp3) is 0.769. The highest BCUT2D eigenvalue weighted by Gasteiger charge is 1.89. The number of rotatable bonds is 10. The average molecular weight is 425 g/mol. The lowest BCUT2D eigenvalue weighted by Gasteiger charge is -1.94. The highest BCUT2D eigenvalue weighted by atomic mass is 32.1. The summed E-state index contributed by atoms with van der Waals surface area (Å²) in [6, 6.07) is 0. The Labute approximate surface area is 163 Å². The van der Waals surface area contributed by atoms with Crippen molar-refractivity contribution in [2.75, 3.05) is 43.7 Å². The summed E-state index contributed by atoms with van der Waals surface area (Å²) >= 11 is 11.0. The normalized spacial score (nSPS) is 8.52. The minimum atomic E-state index is -0.787. The molecule has 12 heteroatoms. The van der Waals surface area contributed by atoms with Gasteiger partial charge < -0.3 is 30.3 Å².